The summed E-state index contributed by atoms with van der Waals surface area (Å²) in [4.78, 5) is 11.5. The Balaban J connectivity index is 0. The van der Waals surface area contributed by atoms with Crippen LogP contribution < -0.4 is 22.3 Å². The normalized spacial score (nSPS) is 10.7. The van der Waals surface area contributed by atoms with E-state index in [4.69, 9.17) is 0 Å². The lowest BCUT2D eigenvalue weighted by molar-refractivity contribution is -0.927. The van der Waals surface area contributed by atoms with Crippen LogP contribution in [0.5, 0.6) is 0 Å². The van der Waals surface area contributed by atoms with Crippen LogP contribution in [0.25, 0.3) is 0 Å². The molecule has 0 aliphatic heterocycles. The van der Waals surface area contributed by atoms with E-state index in [1.165, 1.54) is 38.9 Å². The second-order valence-electron chi connectivity index (χ2n) is 5.27. The molecule has 3 nitrogen and oxygen atoms in total. The first kappa shape index (κ1) is 21.0. The van der Waals surface area contributed by atoms with Gasteiger partial charge in [0.15, 0.2) is 0 Å². The first-order valence-electron chi connectivity index (χ1n) is 7.30. The first-order valence-corrected chi connectivity index (χ1v) is 7.30. The van der Waals surface area contributed by atoms with Gasteiger partial charge in [0, 0.05) is 5.57 Å². The van der Waals surface area contributed by atoms with Crippen molar-refractivity contribution in [2.45, 2.75) is 47.0 Å². The summed E-state index contributed by atoms with van der Waals surface area (Å²) in [5.74, 6) is -0.0161. The molecule has 4 heteroatoms. The molecule has 0 fully saturated rings. The van der Waals surface area contributed by atoms with Crippen LogP contribution in [0.3, 0.4) is 0 Å². The summed E-state index contributed by atoms with van der Waals surface area (Å²) >= 11 is 0. The highest BCUT2D eigenvalue weighted by molar-refractivity contribution is 5.91. The molecule has 0 heterocycles. The molecule has 0 saturated heterocycles. The smallest absolute Gasteiger partial charge is 0.246 e. The van der Waals surface area contributed by atoms with Crippen LogP contribution in [0.15, 0.2) is 12.2 Å². The largest absolute Gasteiger partial charge is 1.00 e. The topological polar surface area (TPSA) is 29.1 Å². The van der Waals surface area contributed by atoms with Crippen LogP contribution in [-0.4, -0.2) is 43.1 Å². The summed E-state index contributed by atoms with van der Waals surface area (Å²) in [7, 11) is 0. The van der Waals surface area contributed by atoms with Gasteiger partial charge in [0.1, 0.15) is 0 Å². The van der Waals surface area contributed by atoms with Gasteiger partial charge in [0.05, 0.1) is 32.7 Å². The summed E-state index contributed by atoms with van der Waals surface area (Å²) in [6.45, 7) is 17.6. The standard InChI is InChI=1S/C15H30N2O.BrH/c1-6-10-17(11-7-2,12-8-3)13-9-16-15(18)14(4)5;/h4,6-13H2,1-3,5H3;1H. The van der Waals surface area contributed by atoms with Gasteiger partial charge in [-0.05, 0) is 26.2 Å². The molecule has 114 valence electrons. The fourth-order valence-electron chi connectivity index (χ4n) is 2.65. The maximum absolute atomic E-state index is 11.5. The minimum Gasteiger partial charge on any atom is -1.00 e. The number of nitrogens with one attached hydrogen (secondary N) is 1. The number of carbonyl (C=O) groups excluding carboxylic acids is 1. The first-order chi connectivity index (χ1) is 8.51. The van der Waals surface area contributed by atoms with Crippen molar-refractivity contribution < 1.29 is 26.3 Å². The third-order valence-corrected chi connectivity index (χ3v) is 3.35. The molecule has 0 radical (unpaired) electrons. The Bertz CT molecular complexity index is 250. The predicted molar refractivity (Wildman–Crippen MR) is 78.4 cm³/mol. The Morgan fingerprint density at radius 3 is 1.74 bits per heavy atom. The molecular formula is C15H31BrN2O. The molecule has 0 aromatic rings. The number of hydrogen-bond acceptors (Lipinski definition) is 1. The minimum atomic E-state index is -0.0161. The second kappa shape index (κ2) is 11.5. The van der Waals surface area contributed by atoms with Crippen molar-refractivity contribution in [3.05, 3.63) is 12.2 Å². The summed E-state index contributed by atoms with van der Waals surface area (Å²) in [5.41, 5.74) is 0.592. The van der Waals surface area contributed by atoms with Crippen molar-refractivity contribution in [3.8, 4) is 0 Å². The Kier molecular flexibility index (Phi) is 12.7. The maximum Gasteiger partial charge on any atom is 0.246 e. The quantitative estimate of drug-likeness (QED) is 0.432. The molecule has 1 N–H and O–H groups in total. The highest BCUT2D eigenvalue weighted by atomic mass is 79.9. The average Bonchev–Trinajstić information content (AvgIpc) is 2.29. The Labute approximate surface area is 129 Å². The van der Waals surface area contributed by atoms with E-state index in [-0.39, 0.29) is 22.9 Å². The molecule has 19 heavy (non-hydrogen) atoms. The zero-order valence-electron chi connectivity index (χ0n) is 13.1. The zero-order valence-corrected chi connectivity index (χ0v) is 14.7. The van der Waals surface area contributed by atoms with Crippen molar-refractivity contribution in [2.75, 3.05) is 32.7 Å². The number of quaternary nitrogens is 1. The summed E-state index contributed by atoms with van der Waals surface area (Å²) in [6.07, 6.45) is 3.61. The van der Waals surface area contributed by atoms with Gasteiger partial charge in [0.25, 0.3) is 0 Å². The van der Waals surface area contributed by atoms with Crippen molar-refractivity contribution in [1.29, 1.82) is 0 Å². The number of amides is 1. The Morgan fingerprint density at radius 1 is 1.00 bits per heavy atom. The van der Waals surface area contributed by atoms with E-state index < -0.39 is 0 Å². The lowest BCUT2D eigenvalue weighted by Gasteiger charge is -2.38. The lowest BCUT2D eigenvalue weighted by atomic mass is 10.2. The number of nitrogens with zero attached hydrogens (tertiary/aromatic N) is 1. The van der Waals surface area contributed by atoms with Gasteiger partial charge in [-0.2, -0.15) is 0 Å². The number of carbonyl (C=O) groups is 1. The highest BCUT2D eigenvalue weighted by Crippen LogP contribution is 2.11. The molecule has 0 bridgehead atoms. The molecule has 0 rings (SSSR count). The molecule has 0 aromatic carbocycles. The van der Waals surface area contributed by atoms with Crippen molar-refractivity contribution in [3.63, 3.8) is 0 Å². The molecular weight excluding hydrogens is 304 g/mol. The third-order valence-electron chi connectivity index (χ3n) is 3.35. The van der Waals surface area contributed by atoms with E-state index in [2.05, 4.69) is 32.7 Å². The fraction of sp³-hybridized carbons (Fsp3) is 0.800. The average molecular weight is 335 g/mol. The van der Waals surface area contributed by atoms with Gasteiger partial charge < -0.3 is 26.8 Å². The maximum atomic E-state index is 11.5. The van der Waals surface area contributed by atoms with E-state index in [1.54, 1.807) is 6.92 Å². The van der Waals surface area contributed by atoms with E-state index in [9.17, 15) is 4.79 Å². The van der Waals surface area contributed by atoms with Gasteiger partial charge >= 0.3 is 0 Å². The van der Waals surface area contributed by atoms with Crippen LogP contribution in [0.2, 0.25) is 0 Å². The molecule has 0 unspecified atom stereocenters. The van der Waals surface area contributed by atoms with Crippen molar-refractivity contribution in [1.82, 2.24) is 5.32 Å². The van der Waals surface area contributed by atoms with Crippen LogP contribution in [0.4, 0.5) is 0 Å². The Morgan fingerprint density at radius 2 is 1.42 bits per heavy atom. The number of rotatable bonds is 10. The fourth-order valence-corrected chi connectivity index (χ4v) is 2.65. The lowest BCUT2D eigenvalue weighted by Crippen LogP contribution is -3.00. The van der Waals surface area contributed by atoms with Gasteiger partial charge in [-0.3, -0.25) is 4.79 Å². The molecule has 0 aromatic heterocycles. The molecule has 0 aliphatic carbocycles. The molecule has 1 amide bonds. The van der Waals surface area contributed by atoms with E-state index >= 15 is 0 Å². The van der Waals surface area contributed by atoms with Crippen molar-refractivity contribution >= 4 is 5.91 Å². The van der Waals surface area contributed by atoms with E-state index in [1.807, 2.05) is 0 Å². The molecule has 0 aliphatic rings. The molecule has 0 atom stereocenters. The second-order valence-corrected chi connectivity index (χ2v) is 5.27. The monoisotopic (exact) mass is 334 g/mol. The number of halogens is 1. The summed E-state index contributed by atoms with van der Waals surface area (Å²) < 4.78 is 1.14. The van der Waals surface area contributed by atoms with Gasteiger partial charge in [-0.15, -0.1) is 0 Å². The predicted octanol–water partition coefficient (Wildman–Crippen LogP) is -0.270. The van der Waals surface area contributed by atoms with Gasteiger partial charge in [0.2, 0.25) is 5.91 Å². The van der Waals surface area contributed by atoms with Gasteiger partial charge in [-0.1, -0.05) is 27.4 Å². The zero-order chi connectivity index (χ0) is 14.0. The van der Waals surface area contributed by atoms with Crippen LogP contribution in [0.1, 0.15) is 47.0 Å². The molecule has 0 saturated carbocycles. The van der Waals surface area contributed by atoms with Crippen LogP contribution in [-0.2, 0) is 4.79 Å². The van der Waals surface area contributed by atoms with Crippen molar-refractivity contribution in [2.24, 2.45) is 0 Å². The summed E-state index contributed by atoms with van der Waals surface area (Å²) in [5, 5.41) is 2.96. The molecule has 0 spiro atoms. The minimum absolute atomic E-state index is 0. The third kappa shape index (κ3) is 8.43. The number of hydrogen-bond donors (Lipinski definition) is 1. The van der Waals surface area contributed by atoms with Crippen LogP contribution >= 0.6 is 0 Å². The Hall–Kier alpha value is -0.350. The van der Waals surface area contributed by atoms with E-state index in [0.717, 1.165) is 17.6 Å². The van der Waals surface area contributed by atoms with E-state index in [0.29, 0.717) is 5.57 Å². The van der Waals surface area contributed by atoms with Crippen LogP contribution in [0, 0.1) is 0 Å². The summed E-state index contributed by atoms with van der Waals surface area (Å²) in [6, 6.07) is 0. The van der Waals surface area contributed by atoms with Gasteiger partial charge in [-0.25, -0.2) is 0 Å². The highest BCUT2D eigenvalue weighted by Gasteiger charge is 2.24. The SMILES string of the molecule is C=C(C)C(=O)NCC[N+](CCC)(CCC)CCC.[Br-].